The van der Waals surface area contributed by atoms with Gasteiger partial charge < -0.3 is 35.6 Å². The summed E-state index contributed by atoms with van der Waals surface area (Å²) < 4.78 is 5.43. The highest BCUT2D eigenvalue weighted by molar-refractivity contribution is 5.98. The van der Waals surface area contributed by atoms with Gasteiger partial charge in [0.05, 0.1) is 25.9 Å². The number of hydrogen-bond acceptors (Lipinski definition) is 9. The van der Waals surface area contributed by atoms with E-state index in [2.05, 4.69) is 17.2 Å². The molecule has 0 aromatic heterocycles. The van der Waals surface area contributed by atoms with Gasteiger partial charge in [0.15, 0.2) is 17.3 Å². The molecule has 0 bridgehead atoms. The predicted molar refractivity (Wildman–Crippen MR) is 220 cm³/mol. The number of rotatable bonds is 13. The van der Waals surface area contributed by atoms with Crippen molar-refractivity contribution in [2.45, 2.75) is 108 Å². The van der Waals surface area contributed by atoms with E-state index in [1.807, 2.05) is 42.5 Å². The van der Waals surface area contributed by atoms with Crippen LogP contribution in [0.15, 0.2) is 66.7 Å². The van der Waals surface area contributed by atoms with Gasteiger partial charge in [-0.15, -0.1) is 0 Å². The van der Waals surface area contributed by atoms with E-state index >= 15 is 0 Å². The lowest BCUT2D eigenvalue weighted by molar-refractivity contribution is -0.124. The number of methoxy groups -OCH3 is 1. The first kappa shape index (κ1) is 40.5. The van der Waals surface area contributed by atoms with Gasteiger partial charge in [-0.2, -0.15) is 0 Å². The monoisotopic (exact) mass is 773 g/mol. The molecule has 7 atom stereocenters. The molecule has 4 aromatic carbocycles. The fourth-order valence-electron chi connectivity index (χ4n) is 9.35. The zero-order valence-corrected chi connectivity index (χ0v) is 32.8. The molecule has 0 radical (unpaired) electrons. The number of aliphatic hydroxyl groups excluding tert-OH is 3. The Kier molecular flexibility index (Phi) is 13.0. The Morgan fingerprint density at radius 3 is 2.60 bits per heavy atom. The number of carbonyl (C=O) groups is 2. The molecule has 9 heteroatoms. The molecule has 57 heavy (non-hydrogen) atoms. The summed E-state index contributed by atoms with van der Waals surface area (Å²) in [5.41, 5.74) is 4.72. The Hall–Kier alpha value is -4.72. The van der Waals surface area contributed by atoms with Crippen molar-refractivity contribution in [3.8, 4) is 40.2 Å². The van der Waals surface area contributed by atoms with Crippen molar-refractivity contribution in [3.63, 3.8) is 0 Å². The molecule has 9 nitrogen and oxygen atoms in total. The zero-order valence-electron chi connectivity index (χ0n) is 32.8. The molecule has 300 valence electrons. The SMILES string of the molecule is COc1cc2c(cc1O)C(CCC(O)c1cc(-c3cccc(CO)c3)c3cc(O)ccc3c1)C#CC(C(O)CCCCC1CNC3CC(=O)CCC3C1)C(=O)CC2. The molecule has 7 unspecified atom stereocenters. The molecule has 1 aliphatic heterocycles. The van der Waals surface area contributed by atoms with E-state index in [1.54, 1.807) is 24.3 Å². The molecule has 2 fully saturated rings. The number of ketones is 2. The number of Topliss-reactive ketones (excluding diaryl/α,β-unsaturated/α-hetero) is 2. The fraction of sp³-hybridized carbons (Fsp3) is 0.458. The number of phenols is 2. The van der Waals surface area contributed by atoms with Crippen LogP contribution in [0.4, 0.5) is 0 Å². The molecule has 0 amide bonds. The highest BCUT2D eigenvalue weighted by Gasteiger charge is 2.35. The van der Waals surface area contributed by atoms with Crippen molar-refractivity contribution < 1.29 is 39.9 Å². The van der Waals surface area contributed by atoms with Crippen LogP contribution in [-0.4, -0.2) is 62.9 Å². The summed E-state index contributed by atoms with van der Waals surface area (Å²) >= 11 is 0. The number of fused-ring (bicyclic) bond motifs is 3. The largest absolute Gasteiger partial charge is 0.508 e. The number of phenolic OH excluding ortho intramolecular Hbond substituents is 2. The van der Waals surface area contributed by atoms with Crippen LogP contribution in [0.1, 0.15) is 105 Å². The maximum absolute atomic E-state index is 13.7. The molecule has 1 saturated carbocycles. The molecular weight excluding hydrogens is 719 g/mol. The van der Waals surface area contributed by atoms with Gasteiger partial charge in [0.25, 0.3) is 0 Å². The van der Waals surface area contributed by atoms with E-state index in [1.165, 1.54) is 7.11 Å². The van der Waals surface area contributed by atoms with E-state index in [-0.39, 0.29) is 30.3 Å². The smallest absolute Gasteiger partial charge is 0.160 e. The number of hydrogen-bond donors (Lipinski definition) is 6. The third-order valence-corrected chi connectivity index (χ3v) is 12.6. The van der Waals surface area contributed by atoms with Crippen LogP contribution in [0.3, 0.4) is 0 Å². The van der Waals surface area contributed by atoms with Crippen molar-refractivity contribution >= 4 is 22.3 Å². The highest BCUT2D eigenvalue weighted by atomic mass is 16.5. The van der Waals surface area contributed by atoms with E-state index in [0.29, 0.717) is 73.5 Å². The number of ether oxygens (including phenoxy) is 1. The number of piperidine rings is 1. The molecule has 2 aliphatic carbocycles. The first-order chi connectivity index (χ1) is 27.6. The Morgan fingerprint density at radius 1 is 0.912 bits per heavy atom. The van der Waals surface area contributed by atoms with Crippen molar-refractivity contribution in [3.05, 3.63) is 89.0 Å². The van der Waals surface area contributed by atoms with Crippen molar-refractivity contribution in [1.29, 1.82) is 0 Å². The van der Waals surface area contributed by atoms with Crippen molar-refractivity contribution in [1.82, 2.24) is 5.32 Å². The lowest BCUT2D eigenvalue weighted by atomic mass is 9.74. The molecule has 0 spiro atoms. The Labute approximate surface area is 335 Å². The van der Waals surface area contributed by atoms with Gasteiger partial charge in [0.2, 0.25) is 0 Å². The normalized spacial score (nSPS) is 23.3. The minimum Gasteiger partial charge on any atom is -0.508 e. The first-order valence-electron chi connectivity index (χ1n) is 20.6. The molecule has 6 N–H and O–H groups in total. The predicted octanol–water partition coefficient (Wildman–Crippen LogP) is 7.42. The first-order valence-corrected chi connectivity index (χ1v) is 20.6. The van der Waals surface area contributed by atoms with Gasteiger partial charge in [0, 0.05) is 31.2 Å². The van der Waals surface area contributed by atoms with Crippen molar-refractivity contribution in [2.75, 3.05) is 13.7 Å². The molecule has 1 saturated heterocycles. The van der Waals surface area contributed by atoms with Crippen LogP contribution < -0.4 is 10.1 Å². The average Bonchev–Trinajstić information content (AvgIpc) is 3.28. The molecule has 4 aromatic rings. The standard InChI is InChI=1S/C48H55NO8/c1-57-48-23-34-13-18-46(55)39(45(54)8-3-2-5-29-19-35-10-15-38(52)25-43(35)49-27-29)16-11-31(40(34)26-47(48)56)12-17-44(53)36-21-33-9-14-37(51)24-42(33)41(22-36)32-7-4-6-30(20-32)28-50/h4,6-7,9,14,20-24,26,29,31,35,39,43-45,49-51,53-54,56H,2-3,5,8,10,12-13,15,17-19,25,27-28H2,1H3. The van der Waals surface area contributed by atoms with E-state index < -0.39 is 24.0 Å². The molecule has 7 rings (SSSR count). The number of aryl methyl sites for hydroxylation is 1. The highest BCUT2D eigenvalue weighted by Crippen LogP contribution is 2.40. The maximum Gasteiger partial charge on any atom is 0.160 e. The summed E-state index contributed by atoms with van der Waals surface area (Å²) in [5.74, 6) is 7.02. The summed E-state index contributed by atoms with van der Waals surface area (Å²) in [6.45, 7) is 0.810. The van der Waals surface area contributed by atoms with E-state index in [0.717, 1.165) is 77.2 Å². The number of benzene rings is 4. The number of aliphatic hydroxyl groups is 3. The Balaban J connectivity index is 1.08. The Morgan fingerprint density at radius 2 is 1.77 bits per heavy atom. The third kappa shape index (κ3) is 9.54. The second-order valence-corrected chi connectivity index (χ2v) is 16.4. The van der Waals surface area contributed by atoms with E-state index in [4.69, 9.17) is 4.74 Å². The van der Waals surface area contributed by atoms with Gasteiger partial charge >= 0.3 is 0 Å². The summed E-state index contributed by atoms with van der Waals surface area (Å²) in [6, 6.07) is 20.3. The van der Waals surface area contributed by atoms with Crippen LogP contribution >= 0.6 is 0 Å². The van der Waals surface area contributed by atoms with Gasteiger partial charge in [-0.1, -0.05) is 48.9 Å². The van der Waals surface area contributed by atoms with Gasteiger partial charge in [-0.05, 0) is 150 Å². The lowest BCUT2D eigenvalue weighted by Crippen LogP contribution is -2.48. The molecule has 1 heterocycles. The van der Waals surface area contributed by atoms with Gasteiger partial charge in [-0.3, -0.25) is 9.59 Å². The summed E-state index contributed by atoms with van der Waals surface area (Å²) in [5, 5.41) is 59.5. The maximum atomic E-state index is 13.7. The quantitative estimate of drug-likeness (QED) is 0.0602. The van der Waals surface area contributed by atoms with Crippen LogP contribution in [-0.2, 0) is 22.6 Å². The van der Waals surface area contributed by atoms with Crippen LogP contribution in [0.25, 0.3) is 21.9 Å². The lowest BCUT2D eigenvalue weighted by Gasteiger charge is -2.39. The number of unbranched alkanes of at least 4 members (excludes halogenated alkanes) is 1. The summed E-state index contributed by atoms with van der Waals surface area (Å²) in [6.07, 6.45) is 6.25. The second-order valence-electron chi connectivity index (χ2n) is 16.4. The van der Waals surface area contributed by atoms with Crippen LogP contribution in [0.5, 0.6) is 17.2 Å². The average molecular weight is 774 g/mol. The van der Waals surface area contributed by atoms with Gasteiger partial charge in [0.1, 0.15) is 17.5 Å². The zero-order chi connectivity index (χ0) is 40.1. The topological polar surface area (TPSA) is 157 Å². The minimum absolute atomic E-state index is 0.0287. The number of carbonyl (C=O) groups excluding carboxylic acids is 2. The fourth-order valence-corrected chi connectivity index (χ4v) is 9.35. The van der Waals surface area contributed by atoms with Crippen molar-refractivity contribution in [2.24, 2.45) is 17.8 Å². The van der Waals surface area contributed by atoms with E-state index in [9.17, 15) is 35.1 Å². The number of aromatic hydroxyl groups is 2. The number of nitrogens with one attached hydrogen (secondary N) is 1. The van der Waals surface area contributed by atoms with Crippen LogP contribution in [0.2, 0.25) is 0 Å². The minimum atomic E-state index is -0.904. The third-order valence-electron chi connectivity index (χ3n) is 12.6. The Bertz CT molecular complexity index is 2150. The molecular formula is C48H55NO8. The van der Waals surface area contributed by atoms with Crippen LogP contribution in [0, 0.1) is 29.6 Å². The summed E-state index contributed by atoms with van der Waals surface area (Å²) in [7, 11) is 1.49. The molecule has 3 aliphatic rings. The van der Waals surface area contributed by atoms with Gasteiger partial charge in [-0.25, -0.2) is 0 Å². The summed E-state index contributed by atoms with van der Waals surface area (Å²) in [4.78, 5) is 25.6. The second kappa shape index (κ2) is 18.3.